The van der Waals surface area contributed by atoms with Crippen LogP contribution in [-0.4, -0.2) is 32.9 Å². The molecule has 3 heterocycles. The largest absolute Gasteiger partial charge is 0.360 e. The molecule has 0 atom stereocenters. The maximum atomic E-state index is 13.5. The van der Waals surface area contributed by atoms with Crippen molar-refractivity contribution in [3.63, 3.8) is 0 Å². The molecule has 0 spiro atoms. The number of rotatable bonds is 4. The van der Waals surface area contributed by atoms with Gasteiger partial charge in [0.05, 0.1) is 17.8 Å². The second-order valence-electron chi connectivity index (χ2n) is 6.01. The molecule has 1 aliphatic rings. The molecule has 1 aromatic carbocycles. The fourth-order valence-electron chi connectivity index (χ4n) is 3.03. The van der Waals surface area contributed by atoms with Crippen molar-refractivity contribution in [3.8, 4) is 11.3 Å². The van der Waals surface area contributed by atoms with Crippen LogP contribution in [0.1, 0.15) is 11.3 Å². The topological polar surface area (TPSA) is 47.1 Å². The smallest absolute Gasteiger partial charge is 0.159 e. The maximum absolute atomic E-state index is 13.5. The molecule has 0 fully saturated rings. The van der Waals surface area contributed by atoms with Crippen molar-refractivity contribution in [1.29, 1.82) is 0 Å². The van der Waals surface area contributed by atoms with E-state index >= 15 is 0 Å². The first-order chi connectivity index (χ1) is 12.1. The molecule has 0 saturated carbocycles. The summed E-state index contributed by atoms with van der Waals surface area (Å²) in [6, 6.07) is 3.77. The number of aromatic nitrogens is 3. The summed E-state index contributed by atoms with van der Waals surface area (Å²) in [5.41, 5.74) is 2.01. The van der Waals surface area contributed by atoms with Gasteiger partial charge >= 0.3 is 0 Å². The van der Waals surface area contributed by atoms with Gasteiger partial charge in [0, 0.05) is 43.4 Å². The molecule has 25 heavy (non-hydrogen) atoms. The van der Waals surface area contributed by atoms with Gasteiger partial charge in [0.1, 0.15) is 11.5 Å². The van der Waals surface area contributed by atoms with Crippen molar-refractivity contribution in [3.05, 3.63) is 58.6 Å². The van der Waals surface area contributed by atoms with Gasteiger partial charge in [-0.25, -0.2) is 8.78 Å². The van der Waals surface area contributed by atoms with Gasteiger partial charge in [-0.2, -0.15) is 5.10 Å². The minimum Gasteiger partial charge on any atom is -0.360 e. The van der Waals surface area contributed by atoms with Crippen LogP contribution in [-0.2, 0) is 19.5 Å². The van der Waals surface area contributed by atoms with E-state index in [9.17, 15) is 8.78 Å². The average Bonchev–Trinajstić information content (AvgIpc) is 3.21. The predicted molar refractivity (Wildman–Crippen MR) is 88.1 cm³/mol. The molecule has 0 unspecified atom stereocenters. The van der Waals surface area contributed by atoms with Crippen LogP contribution in [0.3, 0.4) is 0 Å². The van der Waals surface area contributed by atoms with Crippen molar-refractivity contribution in [2.24, 2.45) is 0 Å². The molecule has 0 saturated heterocycles. The van der Waals surface area contributed by atoms with E-state index in [0.717, 1.165) is 43.0 Å². The van der Waals surface area contributed by atoms with E-state index in [2.05, 4.69) is 15.2 Å². The monoisotopic (exact) mass is 364 g/mol. The molecular weight excluding hydrogens is 350 g/mol. The van der Waals surface area contributed by atoms with Gasteiger partial charge in [0.2, 0.25) is 0 Å². The molecular formula is C17H15ClF2N4O. The van der Waals surface area contributed by atoms with Gasteiger partial charge in [0.15, 0.2) is 11.6 Å². The van der Waals surface area contributed by atoms with Crippen LogP contribution < -0.4 is 0 Å². The Morgan fingerprint density at radius 3 is 2.84 bits per heavy atom. The fourth-order valence-corrected chi connectivity index (χ4v) is 3.19. The molecule has 4 rings (SSSR count). The van der Waals surface area contributed by atoms with Gasteiger partial charge in [-0.3, -0.25) is 9.58 Å². The van der Waals surface area contributed by atoms with Crippen molar-refractivity contribution < 1.29 is 13.3 Å². The normalized spacial score (nSPS) is 14.7. The van der Waals surface area contributed by atoms with E-state index < -0.39 is 11.6 Å². The van der Waals surface area contributed by atoms with Gasteiger partial charge in [-0.05, 0) is 18.2 Å². The Balaban J connectivity index is 1.52. The van der Waals surface area contributed by atoms with Gasteiger partial charge in [-0.15, -0.1) is 0 Å². The zero-order valence-electron chi connectivity index (χ0n) is 13.3. The predicted octanol–water partition coefficient (Wildman–Crippen LogP) is 3.53. The number of nitrogens with zero attached hydrogens (tertiary/aromatic N) is 4. The van der Waals surface area contributed by atoms with E-state index in [1.165, 1.54) is 6.07 Å². The summed E-state index contributed by atoms with van der Waals surface area (Å²) in [7, 11) is 0. The average molecular weight is 365 g/mol. The first-order valence-electron chi connectivity index (χ1n) is 7.93. The number of fused-ring (bicyclic) bond motifs is 1. The summed E-state index contributed by atoms with van der Waals surface area (Å²) in [5.74, 6) is -0.962. The lowest BCUT2D eigenvalue weighted by atomic mass is 10.0. The molecule has 1 aliphatic heterocycles. The molecule has 130 valence electrons. The van der Waals surface area contributed by atoms with Crippen LogP contribution in [0.5, 0.6) is 0 Å². The Morgan fingerprint density at radius 1 is 1.20 bits per heavy atom. The van der Waals surface area contributed by atoms with Crippen LogP contribution in [0.4, 0.5) is 8.78 Å². The third kappa shape index (κ3) is 3.29. The lowest BCUT2D eigenvalue weighted by Gasteiger charge is -2.25. The molecule has 0 radical (unpaired) electrons. The van der Waals surface area contributed by atoms with Crippen LogP contribution in [0.2, 0.25) is 5.02 Å². The molecule has 5 nitrogen and oxygen atoms in total. The van der Waals surface area contributed by atoms with Gasteiger partial charge in [0.25, 0.3) is 0 Å². The quantitative estimate of drug-likeness (QED) is 0.710. The van der Waals surface area contributed by atoms with Gasteiger partial charge < -0.3 is 4.52 Å². The zero-order chi connectivity index (χ0) is 17.4. The summed E-state index contributed by atoms with van der Waals surface area (Å²) >= 11 is 5.87. The SMILES string of the molecule is Fc1ccc(-c2noc3c2CN(CCn2cc(Cl)cn2)CC3)cc1F. The lowest BCUT2D eigenvalue weighted by Crippen LogP contribution is -2.33. The van der Waals surface area contributed by atoms with Crippen molar-refractivity contribution >= 4 is 11.6 Å². The molecule has 8 heteroatoms. The number of hydrogen-bond acceptors (Lipinski definition) is 4. The number of benzene rings is 1. The first kappa shape index (κ1) is 16.2. The third-order valence-electron chi connectivity index (χ3n) is 4.35. The second-order valence-corrected chi connectivity index (χ2v) is 6.45. The van der Waals surface area contributed by atoms with E-state index in [4.69, 9.17) is 16.1 Å². The van der Waals surface area contributed by atoms with Crippen molar-refractivity contribution in [2.75, 3.05) is 13.1 Å². The Morgan fingerprint density at radius 2 is 2.08 bits per heavy atom. The van der Waals surface area contributed by atoms with Crippen molar-refractivity contribution in [2.45, 2.75) is 19.5 Å². The summed E-state index contributed by atoms with van der Waals surface area (Å²) in [5, 5.41) is 8.85. The van der Waals surface area contributed by atoms with E-state index in [1.807, 2.05) is 0 Å². The molecule has 0 N–H and O–H groups in total. The molecule has 0 aliphatic carbocycles. The van der Waals surface area contributed by atoms with Crippen LogP contribution in [0, 0.1) is 11.6 Å². The Labute approximate surface area is 147 Å². The van der Waals surface area contributed by atoms with E-state index in [1.54, 1.807) is 17.1 Å². The highest BCUT2D eigenvalue weighted by molar-refractivity contribution is 6.30. The van der Waals surface area contributed by atoms with E-state index in [-0.39, 0.29) is 0 Å². The van der Waals surface area contributed by atoms with Crippen LogP contribution in [0.15, 0.2) is 35.1 Å². The molecule has 3 aromatic rings. The highest BCUT2D eigenvalue weighted by atomic mass is 35.5. The summed E-state index contributed by atoms with van der Waals surface area (Å²) < 4.78 is 33.9. The first-order valence-corrected chi connectivity index (χ1v) is 8.31. The number of hydrogen-bond donors (Lipinski definition) is 0. The second kappa shape index (κ2) is 6.57. The Bertz CT molecular complexity index is 908. The molecule has 0 amide bonds. The summed E-state index contributed by atoms with van der Waals surface area (Å²) in [4.78, 5) is 2.25. The highest BCUT2D eigenvalue weighted by Gasteiger charge is 2.25. The fraction of sp³-hybridized carbons (Fsp3) is 0.294. The third-order valence-corrected chi connectivity index (χ3v) is 4.54. The highest BCUT2D eigenvalue weighted by Crippen LogP contribution is 2.30. The van der Waals surface area contributed by atoms with Crippen molar-refractivity contribution in [1.82, 2.24) is 19.8 Å². The lowest BCUT2D eigenvalue weighted by molar-refractivity contribution is 0.225. The summed E-state index contributed by atoms with van der Waals surface area (Å²) in [6.07, 6.45) is 4.12. The maximum Gasteiger partial charge on any atom is 0.159 e. The van der Waals surface area contributed by atoms with Crippen LogP contribution in [0.25, 0.3) is 11.3 Å². The van der Waals surface area contributed by atoms with E-state index in [0.29, 0.717) is 29.4 Å². The molecule has 2 aromatic heterocycles. The molecule has 0 bridgehead atoms. The standard InChI is InChI=1S/C17H15ClF2N4O/c18-12-8-21-24(9-12)6-5-23-4-3-16-13(10-23)17(22-25-16)11-1-2-14(19)15(20)7-11/h1-2,7-9H,3-6,10H2. The minimum absolute atomic E-state index is 0.518. The Kier molecular flexibility index (Phi) is 4.27. The van der Waals surface area contributed by atoms with Crippen LogP contribution >= 0.6 is 11.6 Å². The summed E-state index contributed by atoms with van der Waals surface area (Å²) in [6.45, 7) is 2.99. The number of halogens is 3. The Hall–Kier alpha value is -2.25. The zero-order valence-corrected chi connectivity index (χ0v) is 14.0. The minimum atomic E-state index is -0.891. The van der Waals surface area contributed by atoms with Gasteiger partial charge in [-0.1, -0.05) is 16.8 Å².